The standard InChI is InChI=1S/C19H26N2OS/c1-22-19-7-3-2-5-17(19)14-21(15-18-6-4-12-23-18)13-16-8-10-20-11-9-16/h2-7,12,16,20H,8-11,13-15H2,1H3. The molecule has 0 spiro atoms. The first-order chi connectivity index (χ1) is 11.3. The van der Waals surface area contributed by atoms with Crippen LogP contribution in [0.4, 0.5) is 0 Å². The van der Waals surface area contributed by atoms with Gasteiger partial charge in [-0.05, 0) is 49.4 Å². The summed E-state index contributed by atoms with van der Waals surface area (Å²) in [4.78, 5) is 4.02. The van der Waals surface area contributed by atoms with Gasteiger partial charge in [-0.2, -0.15) is 0 Å². The van der Waals surface area contributed by atoms with Crippen molar-refractivity contribution in [1.29, 1.82) is 0 Å². The van der Waals surface area contributed by atoms with E-state index in [1.807, 2.05) is 17.4 Å². The Kier molecular flexibility index (Phi) is 6.08. The quantitative estimate of drug-likeness (QED) is 0.836. The molecule has 0 amide bonds. The van der Waals surface area contributed by atoms with Crippen LogP contribution in [0.25, 0.3) is 0 Å². The third-order valence-electron chi connectivity index (χ3n) is 4.52. The smallest absolute Gasteiger partial charge is 0.123 e. The van der Waals surface area contributed by atoms with Crippen LogP contribution in [0, 0.1) is 5.92 Å². The molecule has 1 aromatic heterocycles. The molecule has 3 rings (SSSR count). The van der Waals surface area contributed by atoms with Gasteiger partial charge in [0.15, 0.2) is 0 Å². The maximum absolute atomic E-state index is 5.54. The average Bonchev–Trinajstić information content (AvgIpc) is 3.09. The maximum Gasteiger partial charge on any atom is 0.123 e. The Morgan fingerprint density at radius 2 is 1.96 bits per heavy atom. The van der Waals surface area contributed by atoms with Gasteiger partial charge in [-0.15, -0.1) is 11.3 Å². The molecule has 0 saturated carbocycles. The van der Waals surface area contributed by atoms with E-state index in [1.165, 1.54) is 23.3 Å². The molecule has 0 radical (unpaired) electrons. The van der Waals surface area contributed by atoms with Crippen LogP contribution in [-0.2, 0) is 13.1 Å². The molecule has 0 aliphatic carbocycles. The van der Waals surface area contributed by atoms with Gasteiger partial charge in [0.1, 0.15) is 5.75 Å². The fourth-order valence-electron chi connectivity index (χ4n) is 3.31. The highest BCUT2D eigenvalue weighted by atomic mass is 32.1. The second-order valence-electron chi connectivity index (χ2n) is 6.25. The van der Waals surface area contributed by atoms with Crippen LogP contribution in [0.15, 0.2) is 41.8 Å². The first-order valence-corrected chi connectivity index (χ1v) is 9.30. The summed E-state index contributed by atoms with van der Waals surface area (Å²) < 4.78 is 5.54. The van der Waals surface area contributed by atoms with Gasteiger partial charge in [0.25, 0.3) is 0 Å². The molecule has 2 aromatic rings. The molecule has 4 heteroatoms. The van der Waals surface area contributed by atoms with Crippen molar-refractivity contribution in [1.82, 2.24) is 10.2 Å². The molecule has 0 bridgehead atoms. The minimum Gasteiger partial charge on any atom is -0.496 e. The summed E-state index contributed by atoms with van der Waals surface area (Å²) in [6.07, 6.45) is 2.57. The molecular formula is C19H26N2OS. The van der Waals surface area contributed by atoms with E-state index >= 15 is 0 Å². The van der Waals surface area contributed by atoms with E-state index in [1.54, 1.807) is 7.11 Å². The number of hydrogen-bond donors (Lipinski definition) is 1. The Balaban J connectivity index is 1.70. The van der Waals surface area contributed by atoms with E-state index in [-0.39, 0.29) is 0 Å². The van der Waals surface area contributed by atoms with Gasteiger partial charge >= 0.3 is 0 Å². The average molecular weight is 330 g/mol. The first kappa shape index (κ1) is 16.5. The van der Waals surface area contributed by atoms with Crippen molar-refractivity contribution in [3.8, 4) is 5.75 Å². The van der Waals surface area contributed by atoms with Gasteiger partial charge in [-0.3, -0.25) is 4.90 Å². The van der Waals surface area contributed by atoms with E-state index in [0.717, 1.165) is 44.4 Å². The van der Waals surface area contributed by atoms with E-state index in [0.29, 0.717) is 0 Å². The van der Waals surface area contributed by atoms with Gasteiger partial charge in [0.2, 0.25) is 0 Å². The number of nitrogens with zero attached hydrogens (tertiary/aromatic N) is 1. The molecule has 3 nitrogen and oxygen atoms in total. The van der Waals surface area contributed by atoms with Crippen molar-refractivity contribution >= 4 is 11.3 Å². The minimum absolute atomic E-state index is 0.797. The van der Waals surface area contributed by atoms with Crippen LogP contribution in [0.2, 0.25) is 0 Å². The zero-order valence-corrected chi connectivity index (χ0v) is 14.6. The van der Waals surface area contributed by atoms with Crippen LogP contribution in [-0.4, -0.2) is 31.6 Å². The fourth-order valence-corrected chi connectivity index (χ4v) is 4.06. The van der Waals surface area contributed by atoms with E-state index < -0.39 is 0 Å². The maximum atomic E-state index is 5.54. The van der Waals surface area contributed by atoms with Gasteiger partial charge in [-0.25, -0.2) is 0 Å². The number of thiophene rings is 1. The van der Waals surface area contributed by atoms with Crippen LogP contribution in [0.5, 0.6) is 5.75 Å². The summed E-state index contributed by atoms with van der Waals surface area (Å²) in [5, 5.41) is 5.63. The molecule has 0 atom stereocenters. The number of benzene rings is 1. The van der Waals surface area contributed by atoms with Gasteiger partial charge in [0, 0.05) is 30.1 Å². The topological polar surface area (TPSA) is 24.5 Å². The third kappa shape index (κ3) is 4.80. The number of rotatable bonds is 7. The second kappa shape index (κ2) is 8.48. The van der Waals surface area contributed by atoms with Gasteiger partial charge in [-0.1, -0.05) is 24.3 Å². The Morgan fingerprint density at radius 3 is 2.70 bits per heavy atom. The molecule has 1 aliphatic rings. The monoisotopic (exact) mass is 330 g/mol. The van der Waals surface area contributed by atoms with Gasteiger partial charge in [0.05, 0.1) is 7.11 Å². The highest BCUT2D eigenvalue weighted by Gasteiger charge is 2.18. The summed E-state index contributed by atoms with van der Waals surface area (Å²) in [7, 11) is 1.76. The summed E-state index contributed by atoms with van der Waals surface area (Å²) in [5.74, 6) is 1.79. The number of piperidine rings is 1. The Morgan fingerprint density at radius 1 is 1.13 bits per heavy atom. The fraction of sp³-hybridized carbons (Fsp3) is 0.474. The molecule has 1 N–H and O–H groups in total. The van der Waals surface area contributed by atoms with E-state index in [4.69, 9.17) is 4.74 Å². The molecule has 1 aliphatic heterocycles. The Hall–Kier alpha value is -1.36. The van der Waals surface area contributed by atoms with Crippen molar-refractivity contribution in [3.63, 3.8) is 0 Å². The lowest BCUT2D eigenvalue weighted by molar-refractivity contribution is 0.191. The van der Waals surface area contributed by atoms with Crippen molar-refractivity contribution in [2.24, 2.45) is 5.92 Å². The van der Waals surface area contributed by atoms with Crippen molar-refractivity contribution in [2.45, 2.75) is 25.9 Å². The molecule has 124 valence electrons. The predicted octanol–water partition coefficient (Wildman–Crippen LogP) is 3.76. The molecule has 23 heavy (non-hydrogen) atoms. The minimum atomic E-state index is 0.797. The molecule has 1 saturated heterocycles. The van der Waals surface area contributed by atoms with Crippen LogP contribution in [0.1, 0.15) is 23.3 Å². The SMILES string of the molecule is COc1ccccc1CN(Cc1cccs1)CC1CCNCC1. The van der Waals surface area contributed by atoms with Crippen molar-refractivity contribution in [3.05, 3.63) is 52.2 Å². The first-order valence-electron chi connectivity index (χ1n) is 8.42. The largest absolute Gasteiger partial charge is 0.496 e. The predicted molar refractivity (Wildman–Crippen MR) is 97.0 cm³/mol. The highest BCUT2D eigenvalue weighted by molar-refractivity contribution is 7.09. The van der Waals surface area contributed by atoms with Gasteiger partial charge < -0.3 is 10.1 Å². The zero-order chi connectivity index (χ0) is 15.9. The van der Waals surface area contributed by atoms with Crippen LogP contribution >= 0.6 is 11.3 Å². The van der Waals surface area contributed by atoms with Crippen molar-refractivity contribution < 1.29 is 4.74 Å². The van der Waals surface area contributed by atoms with Crippen molar-refractivity contribution in [2.75, 3.05) is 26.7 Å². The molecule has 0 unspecified atom stereocenters. The summed E-state index contributed by atoms with van der Waals surface area (Å²) in [6, 6.07) is 12.8. The summed E-state index contributed by atoms with van der Waals surface area (Å²) >= 11 is 1.85. The highest BCUT2D eigenvalue weighted by Crippen LogP contribution is 2.23. The van der Waals surface area contributed by atoms with E-state index in [9.17, 15) is 0 Å². The number of ether oxygens (including phenoxy) is 1. The zero-order valence-electron chi connectivity index (χ0n) is 13.8. The Labute approximate surface area is 143 Å². The molecule has 1 fully saturated rings. The lowest BCUT2D eigenvalue weighted by Gasteiger charge is -2.30. The number of nitrogens with one attached hydrogen (secondary N) is 1. The summed E-state index contributed by atoms with van der Waals surface area (Å²) in [5.41, 5.74) is 1.28. The third-order valence-corrected chi connectivity index (χ3v) is 5.38. The van der Waals surface area contributed by atoms with E-state index in [2.05, 4.69) is 45.9 Å². The molecule has 2 heterocycles. The number of methoxy groups -OCH3 is 1. The number of para-hydroxylation sites is 1. The van der Waals surface area contributed by atoms with Crippen LogP contribution in [0.3, 0.4) is 0 Å². The normalized spacial score (nSPS) is 15.9. The number of hydrogen-bond acceptors (Lipinski definition) is 4. The Bertz CT molecular complexity index is 579. The van der Waals surface area contributed by atoms with Crippen LogP contribution < -0.4 is 10.1 Å². The summed E-state index contributed by atoms with van der Waals surface area (Å²) in [6.45, 7) is 5.46. The molecular weight excluding hydrogens is 304 g/mol. The molecule has 1 aromatic carbocycles. The lowest BCUT2D eigenvalue weighted by atomic mass is 9.97. The second-order valence-corrected chi connectivity index (χ2v) is 7.29. The lowest BCUT2D eigenvalue weighted by Crippen LogP contribution is -2.35.